The molecule has 1 saturated carbocycles. The summed E-state index contributed by atoms with van der Waals surface area (Å²) in [5.74, 6) is -1.41. The molecule has 1 fully saturated rings. The summed E-state index contributed by atoms with van der Waals surface area (Å²) in [7, 11) is 0. The van der Waals surface area contributed by atoms with Crippen molar-refractivity contribution < 1.29 is 18.0 Å². The smallest absolute Gasteiger partial charge is 0.335 e. The number of nitrogens with zero attached hydrogens (tertiary/aromatic N) is 1. The van der Waals surface area contributed by atoms with Crippen LogP contribution in [0, 0.1) is 5.92 Å². The highest BCUT2D eigenvalue weighted by molar-refractivity contribution is 5.81. The SMILES string of the molecule is CCN(CC1CC1)C(=O)C(F)(F)F. The van der Waals surface area contributed by atoms with Crippen LogP contribution >= 0.6 is 0 Å². The Morgan fingerprint density at radius 3 is 2.31 bits per heavy atom. The van der Waals surface area contributed by atoms with Crippen molar-refractivity contribution in [1.82, 2.24) is 4.90 Å². The van der Waals surface area contributed by atoms with Crippen LogP contribution in [-0.2, 0) is 4.79 Å². The molecule has 0 aliphatic heterocycles. The Balaban J connectivity index is 2.48. The first-order valence-corrected chi connectivity index (χ1v) is 4.31. The number of halogens is 3. The van der Waals surface area contributed by atoms with Crippen LogP contribution in [0.3, 0.4) is 0 Å². The lowest BCUT2D eigenvalue weighted by atomic mass is 10.3. The molecule has 0 radical (unpaired) electrons. The van der Waals surface area contributed by atoms with Gasteiger partial charge in [-0.15, -0.1) is 0 Å². The molecule has 0 atom stereocenters. The molecule has 0 unspecified atom stereocenters. The third-order valence-corrected chi connectivity index (χ3v) is 2.09. The summed E-state index contributed by atoms with van der Waals surface area (Å²) in [6.45, 7) is 1.95. The highest BCUT2D eigenvalue weighted by atomic mass is 19.4. The van der Waals surface area contributed by atoms with E-state index >= 15 is 0 Å². The zero-order valence-corrected chi connectivity index (χ0v) is 7.40. The highest BCUT2D eigenvalue weighted by Crippen LogP contribution is 2.31. The molecule has 0 aromatic heterocycles. The van der Waals surface area contributed by atoms with Crippen LogP contribution < -0.4 is 0 Å². The number of carbonyl (C=O) groups is 1. The largest absolute Gasteiger partial charge is 0.471 e. The van der Waals surface area contributed by atoms with E-state index in [4.69, 9.17) is 0 Å². The maximum Gasteiger partial charge on any atom is 0.471 e. The third-order valence-electron chi connectivity index (χ3n) is 2.09. The molecule has 0 N–H and O–H groups in total. The van der Waals surface area contributed by atoms with Gasteiger partial charge < -0.3 is 4.90 Å². The van der Waals surface area contributed by atoms with Crippen molar-refractivity contribution in [3.8, 4) is 0 Å². The van der Waals surface area contributed by atoms with Gasteiger partial charge in [-0.2, -0.15) is 13.2 Å². The quantitative estimate of drug-likeness (QED) is 0.672. The number of hydrogen-bond donors (Lipinski definition) is 0. The minimum Gasteiger partial charge on any atom is -0.335 e. The summed E-state index contributed by atoms with van der Waals surface area (Å²) in [6.07, 6.45) is -2.83. The normalized spacial score (nSPS) is 17.2. The molecule has 13 heavy (non-hydrogen) atoms. The maximum absolute atomic E-state index is 12.0. The van der Waals surface area contributed by atoms with E-state index in [1.807, 2.05) is 0 Å². The topological polar surface area (TPSA) is 20.3 Å². The average Bonchev–Trinajstić information content (AvgIpc) is 2.80. The third kappa shape index (κ3) is 2.90. The Morgan fingerprint density at radius 2 is 2.00 bits per heavy atom. The number of alkyl halides is 3. The van der Waals surface area contributed by atoms with Crippen molar-refractivity contribution >= 4 is 5.91 Å². The molecule has 0 saturated heterocycles. The van der Waals surface area contributed by atoms with Crippen LogP contribution in [0.2, 0.25) is 0 Å². The first kappa shape index (κ1) is 10.3. The van der Waals surface area contributed by atoms with Crippen molar-refractivity contribution in [2.75, 3.05) is 13.1 Å². The first-order valence-electron chi connectivity index (χ1n) is 4.31. The van der Waals surface area contributed by atoms with Gasteiger partial charge in [-0.25, -0.2) is 0 Å². The zero-order valence-electron chi connectivity index (χ0n) is 7.40. The number of rotatable bonds is 3. The minimum absolute atomic E-state index is 0.134. The summed E-state index contributed by atoms with van der Waals surface area (Å²) in [5, 5.41) is 0. The fourth-order valence-corrected chi connectivity index (χ4v) is 1.15. The van der Waals surface area contributed by atoms with E-state index in [-0.39, 0.29) is 13.1 Å². The Labute approximate surface area is 74.7 Å². The lowest BCUT2D eigenvalue weighted by molar-refractivity contribution is -0.185. The van der Waals surface area contributed by atoms with Crippen LogP contribution in [0.5, 0.6) is 0 Å². The number of hydrogen-bond acceptors (Lipinski definition) is 1. The molecule has 1 amide bonds. The molecule has 1 rings (SSSR count). The van der Waals surface area contributed by atoms with E-state index in [0.717, 1.165) is 17.7 Å². The maximum atomic E-state index is 12.0. The highest BCUT2D eigenvalue weighted by Gasteiger charge is 2.43. The fraction of sp³-hybridized carbons (Fsp3) is 0.875. The predicted molar refractivity (Wildman–Crippen MR) is 41.0 cm³/mol. The van der Waals surface area contributed by atoms with Crippen LogP contribution in [0.1, 0.15) is 19.8 Å². The van der Waals surface area contributed by atoms with Crippen LogP contribution in [0.4, 0.5) is 13.2 Å². The van der Waals surface area contributed by atoms with Gasteiger partial charge >= 0.3 is 12.1 Å². The molecule has 0 aromatic rings. The molecule has 5 heteroatoms. The average molecular weight is 195 g/mol. The van der Waals surface area contributed by atoms with Crippen molar-refractivity contribution in [3.63, 3.8) is 0 Å². The summed E-state index contributed by atoms with van der Waals surface area (Å²) in [5.41, 5.74) is 0. The van der Waals surface area contributed by atoms with E-state index in [0.29, 0.717) is 5.92 Å². The number of carbonyl (C=O) groups excluding carboxylic acids is 1. The van der Waals surface area contributed by atoms with E-state index in [9.17, 15) is 18.0 Å². The van der Waals surface area contributed by atoms with E-state index in [2.05, 4.69) is 0 Å². The van der Waals surface area contributed by atoms with Gasteiger partial charge in [0.05, 0.1) is 0 Å². The molecular weight excluding hydrogens is 183 g/mol. The van der Waals surface area contributed by atoms with Crippen molar-refractivity contribution in [3.05, 3.63) is 0 Å². The molecule has 0 aromatic carbocycles. The summed E-state index contributed by atoms with van der Waals surface area (Å²) >= 11 is 0. The number of amides is 1. The first-order chi connectivity index (χ1) is 5.95. The summed E-state index contributed by atoms with van der Waals surface area (Å²) in [4.78, 5) is 11.6. The van der Waals surface area contributed by atoms with Gasteiger partial charge in [-0.05, 0) is 25.7 Å². The minimum atomic E-state index is -4.72. The van der Waals surface area contributed by atoms with E-state index in [1.54, 1.807) is 6.92 Å². The molecule has 76 valence electrons. The van der Waals surface area contributed by atoms with Crippen molar-refractivity contribution in [2.24, 2.45) is 5.92 Å². The molecule has 1 aliphatic rings. The van der Waals surface area contributed by atoms with Gasteiger partial charge in [-0.3, -0.25) is 4.79 Å². The Morgan fingerprint density at radius 1 is 1.46 bits per heavy atom. The van der Waals surface area contributed by atoms with Gasteiger partial charge in [0.2, 0.25) is 0 Å². The van der Waals surface area contributed by atoms with Crippen LogP contribution in [-0.4, -0.2) is 30.1 Å². The van der Waals surface area contributed by atoms with E-state index in [1.165, 1.54) is 0 Å². The van der Waals surface area contributed by atoms with Crippen LogP contribution in [0.15, 0.2) is 0 Å². The second kappa shape index (κ2) is 3.55. The van der Waals surface area contributed by atoms with Crippen LogP contribution in [0.25, 0.3) is 0 Å². The van der Waals surface area contributed by atoms with Crippen molar-refractivity contribution in [2.45, 2.75) is 25.9 Å². The molecule has 1 aliphatic carbocycles. The predicted octanol–water partition coefficient (Wildman–Crippen LogP) is 1.81. The second-order valence-corrected chi connectivity index (χ2v) is 3.28. The Bertz CT molecular complexity index is 198. The summed E-state index contributed by atoms with van der Waals surface area (Å²) in [6, 6.07) is 0. The second-order valence-electron chi connectivity index (χ2n) is 3.28. The van der Waals surface area contributed by atoms with E-state index < -0.39 is 12.1 Å². The summed E-state index contributed by atoms with van der Waals surface area (Å²) < 4.78 is 35.9. The van der Waals surface area contributed by atoms with Gasteiger partial charge in [0, 0.05) is 13.1 Å². The lowest BCUT2D eigenvalue weighted by Crippen LogP contribution is -2.42. The van der Waals surface area contributed by atoms with Gasteiger partial charge in [-0.1, -0.05) is 0 Å². The monoisotopic (exact) mass is 195 g/mol. The molecule has 2 nitrogen and oxygen atoms in total. The molecule has 0 spiro atoms. The fourth-order valence-electron chi connectivity index (χ4n) is 1.15. The van der Waals surface area contributed by atoms with Gasteiger partial charge in [0.15, 0.2) is 0 Å². The zero-order chi connectivity index (χ0) is 10.1. The Hall–Kier alpha value is -0.740. The van der Waals surface area contributed by atoms with Crippen molar-refractivity contribution in [1.29, 1.82) is 0 Å². The molecule has 0 heterocycles. The van der Waals surface area contributed by atoms with Gasteiger partial charge in [0.1, 0.15) is 0 Å². The lowest BCUT2D eigenvalue weighted by Gasteiger charge is -2.21. The standard InChI is InChI=1S/C8H12F3NO/c1-2-12(5-6-3-4-6)7(13)8(9,10)11/h6H,2-5H2,1H3. The molecular formula is C8H12F3NO. The molecule has 0 bridgehead atoms. The van der Waals surface area contributed by atoms with Gasteiger partial charge in [0.25, 0.3) is 0 Å². The Kier molecular flexibility index (Phi) is 2.83.